The van der Waals surface area contributed by atoms with Crippen LogP contribution in [0.4, 0.5) is 0 Å². The lowest BCUT2D eigenvalue weighted by Gasteiger charge is -2.43. The van der Waals surface area contributed by atoms with E-state index in [1.54, 1.807) is 11.9 Å². The van der Waals surface area contributed by atoms with E-state index in [0.717, 1.165) is 12.8 Å². The van der Waals surface area contributed by atoms with Crippen LogP contribution in [0.25, 0.3) is 0 Å². The minimum absolute atomic E-state index is 0.0490. The average Bonchev–Trinajstić information content (AvgIpc) is 3.13. The van der Waals surface area contributed by atoms with Gasteiger partial charge >= 0.3 is 0 Å². The minimum Gasteiger partial charge on any atom is -0.359 e. The van der Waals surface area contributed by atoms with Crippen molar-refractivity contribution in [1.82, 2.24) is 14.5 Å². The molecule has 0 spiro atoms. The molecule has 8 heteroatoms. The summed E-state index contributed by atoms with van der Waals surface area (Å²) in [5.41, 5.74) is 0. The SMILES string of the molecule is CNC(=O)C1CC(=O)N(C2CN(S(=O)(=O)C3CC3)C2)C1. The number of rotatable bonds is 4. The minimum atomic E-state index is -3.13. The topological polar surface area (TPSA) is 86.8 Å². The van der Waals surface area contributed by atoms with Gasteiger partial charge < -0.3 is 10.2 Å². The number of nitrogens with one attached hydrogen (secondary N) is 1. The maximum atomic E-state index is 12.0. The number of likely N-dealkylation sites (tertiary alicyclic amines) is 1. The summed E-state index contributed by atoms with van der Waals surface area (Å²) in [6.07, 6.45) is 1.74. The third-order valence-electron chi connectivity index (χ3n) is 4.35. The first-order valence-corrected chi connectivity index (χ1v) is 8.44. The van der Waals surface area contributed by atoms with Crippen molar-refractivity contribution < 1.29 is 18.0 Å². The predicted octanol–water partition coefficient (Wildman–Crippen LogP) is -1.24. The Labute approximate surface area is 118 Å². The largest absolute Gasteiger partial charge is 0.359 e. The summed E-state index contributed by atoms with van der Waals surface area (Å²) < 4.78 is 25.5. The van der Waals surface area contributed by atoms with E-state index in [4.69, 9.17) is 0 Å². The average molecular weight is 301 g/mol. The molecular formula is C12H19N3O4S. The molecule has 20 heavy (non-hydrogen) atoms. The van der Waals surface area contributed by atoms with Crippen LogP contribution in [0.3, 0.4) is 0 Å². The number of hydrogen-bond donors (Lipinski definition) is 1. The molecule has 2 saturated heterocycles. The van der Waals surface area contributed by atoms with Crippen LogP contribution < -0.4 is 5.32 Å². The fraction of sp³-hybridized carbons (Fsp3) is 0.833. The predicted molar refractivity (Wildman–Crippen MR) is 71.2 cm³/mol. The third-order valence-corrected chi connectivity index (χ3v) is 6.68. The Morgan fingerprint density at radius 2 is 1.90 bits per heavy atom. The molecule has 0 aromatic carbocycles. The van der Waals surface area contributed by atoms with Gasteiger partial charge in [-0.15, -0.1) is 0 Å². The first-order valence-electron chi connectivity index (χ1n) is 6.93. The smallest absolute Gasteiger partial charge is 0.225 e. The van der Waals surface area contributed by atoms with E-state index in [2.05, 4.69) is 5.32 Å². The number of amides is 2. The van der Waals surface area contributed by atoms with E-state index in [1.165, 1.54) is 4.31 Å². The van der Waals surface area contributed by atoms with Crippen molar-refractivity contribution in [3.05, 3.63) is 0 Å². The van der Waals surface area contributed by atoms with Crippen LogP contribution in [-0.2, 0) is 19.6 Å². The van der Waals surface area contributed by atoms with E-state index in [-0.39, 0.29) is 35.4 Å². The van der Waals surface area contributed by atoms with Crippen molar-refractivity contribution in [2.45, 2.75) is 30.6 Å². The second kappa shape index (κ2) is 4.70. The molecule has 1 saturated carbocycles. The lowest BCUT2D eigenvalue weighted by Crippen LogP contribution is -2.61. The van der Waals surface area contributed by atoms with Gasteiger partial charge in [0.2, 0.25) is 21.8 Å². The number of nitrogens with zero attached hydrogens (tertiary/aromatic N) is 2. The summed E-state index contributed by atoms with van der Waals surface area (Å²) in [4.78, 5) is 25.1. The molecule has 112 valence electrons. The molecule has 3 aliphatic rings. The quantitative estimate of drug-likeness (QED) is 0.703. The highest BCUT2D eigenvalue weighted by atomic mass is 32.2. The van der Waals surface area contributed by atoms with Crippen LogP contribution in [0.15, 0.2) is 0 Å². The number of hydrogen-bond acceptors (Lipinski definition) is 4. The standard InChI is InChI=1S/C12H19N3O4S/c1-13-12(17)8-4-11(16)15(5-8)9-6-14(7-9)20(18,19)10-2-3-10/h8-10H,2-7H2,1H3,(H,13,17). The second-order valence-electron chi connectivity index (χ2n) is 5.78. The van der Waals surface area contributed by atoms with Gasteiger partial charge in [0, 0.05) is 33.1 Å². The molecule has 0 aromatic rings. The van der Waals surface area contributed by atoms with Crippen LogP contribution in [-0.4, -0.2) is 67.4 Å². The zero-order valence-electron chi connectivity index (χ0n) is 11.4. The van der Waals surface area contributed by atoms with Gasteiger partial charge in [-0.2, -0.15) is 4.31 Å². The van der Waals surface area contributed by atoms with Crippen LogP contribution in [0, 0.1) is 5.92 Å². The highest BCUT2D eigenvalue weighted by Crippen LogP contribution is 2.35. The Balaban J connectivity index is 1.57. The highest BCUT2D eigenvalue weighted by Gasteiger charge is 2.49. The van der Waals surface area contributed by atoms with Gasteiger partial charge in [0.05, 0.1) is 17.2 Å². The van der Waals surface area contributed by atoms with E-state index in [0.29, 0.717) is 19.6 Å². The second-order valence-corrected chi connectivity index (χ2v) is 7.99. The molecule has 0 bridgehead atoms. The summed E-state index contributed by atoms with van der Waals surface area (Å²) in [6, 6.07) is -0.0642. The molecule has 1 N–H and O–H groups in total. The summed E-state index contributed by atoms with van der Waals surface area (Å²) in [7, 11) is -1.57. The summed E-state index contributed by atoms with van der Waals surface area (Å²) in [6.45, 7) is 1.16. The third kappa shape index (κ3) is 2.20. The first kappa shape index (κ1) is 13.8. The molecule has 3 fully saturated rings. The summed E-state index contributed by atoms with van der Waals surface area (Å²) in [5.74, 6) is -0.476. The molecule has 0 radical (unpaired) electrons. The van der Waals surface area contributed by atoms with Gasteiger partial charge in [-0.3, -0.25) is 9.59 Å². The number of carbonyl (C=O) groups is 2. The van der Waals surface area contributed by atoms with Crippen molar-refractivity contribution >= 4 is 21.8 Å². The van der Waals surface area contributed by atoms with Gasteiger partial charge in [-0.25, -0.2) is 8.42 Å². The van der Waals surface area contributed by atoms with E-state index < -0.39 is 10.0 Å². The molecule has 1 aliphatic carbocycles. The van der Waals surface area contributed by atoms with E-state index in [9.17, 15) is 18.0 Å². The number of carbonyl (C=O) groups excluding carboxylic acids is 2. The highest BCUT2D eigenvalue weighted by molar-refractivity contribution is 7.90. The van der Waals surface area contributed by atoms with Crippen molar-refractivity contribution in [2.24, 2.45) is 5.92 Å². The lowest BCUT2D eigenvalue weighted by molar-refractivity contribution is -0.132. The molecule has 3 rings (SSSR count). The Bertz CT molecular complexity index is 537. The molecule has 2 aliphatic heterocycles. The first-order chi connectivity index (χ1) is 9.43. The van der Waals surface area contributed by atoms with Crippen molar-refractivity contribution in [3.63, 3.8) is 0 Å². The normalized spacial score (nSPS) is 28.6. The maximum absolute atomic E-state index is 12.0. The van der Waals surface area contributed by atoms with Crippen LogP contribution in [0.1, 0.15) is 19.3 Å². The van der Waals surface area contributed by atoms with Crippen molar-refractivity contribution in [2.75, 3.05) is 26.7 Å². The molecular weight excluding hydrogens is 282 g/mol. The van der Waals surface area contributed by atoms with Crippen LogP contribution >= 0.6 is 0 Å². The molecule has 1 unspecified atom stereocenters. The van der Waals surface area contributed by atoms with Gasteiger partial charge in [0.15, 0.2) is 0 Å². The van der Waals surface area contributed by atoms with Gasteiger partial charge in [0.25, 0.3) is 0 Å². The Kier molecular flexibility index (Phi) is 3.24. The fourth-order valence-corrected chi connectivity index (χ4v) is 4.78. The van der Waals surface area contributed by atoms with Gasteiger partial charge in [-0.1, -0.05) is 0 Å². The Hall–Kier alpha value is -1.15. The Morgan fingerprint density at radius 1 is 1.25 bits per heavy atom. The number of sulfonamides is 1. The molecule has 2 amide bonds. The monoisotopic (exact) mass is 301 g/mol. The van der Waals surface area contributed by atoms with Crippen LogP contribution in [0.2, 0.25) is 0 Å². The summed E-state index contributed by atoms with van der Waals surface area (Å²) in [5, 5.41) is 2.36. The van der Waals surface area contributed by atoms with Crippen LogP contribution in [0.5, 0.6) is 0 Å². The van der Waals surface area contributed by atoms with E-state index in [1.807, 2.05) is 0 Å². The zero-order valence-corrected chi connectivity index (χ0v) is 12.2. The van der Waals surface area contributed by atoms with Crippen molar-refractivity contribution in [3.8, 4) is 0 Å². The molecule has 2 heterocycles. The molecule has 0 aromatic heterocycles. The van der Waals surface area contributed by atoms with E-state index >= 15 is 0 Å². The maximum Gasteiger partial charge on any atom is 0.225 e. The molecule has 1 atom stereocenters. The van der Waals surface area contributed by atoms with Gasteiger partial charge in [-0.05, 0) is 12.8 Å². The Morgan fingerprint density at radius 3 is 2.45 bits per heavy atom. The van der Waals surface area contributed by atoms with Crippen molar-refractivity contribution in [1.29, 1.82) is 0 Å². The molecule has 7 nitrogen and oxygen atoms in total. The fourth-order valence-electron chi connectivity index (χ4n) is 2.86. The summed E-state index contributed by atoms with van der Waals surface area (Å²) >= 11 is 0. The zero-order chi connectivity index (χ0) is 14.5. The van der Waals surface area contributed by atoms with Gasteiger partial charge in [0.1, 0.15) is 0 Å². The lowest BCUT2D eigenvalue weighted by atomic mass is 10.1.